The van der Waals surface area contributed by atoms with E-state index in [1.165, 1.54) is 50.3 Å². The van der Waals surface area contributed by atoms with Gasteiger partial charge in [-0.25, -0.2) is 0 Å². The number of rotatable bonds is 6. The maximum absolute atomic E-state index is 15.5. The fraction of sp³-hybridized carbons (Fsp3) is 0.0769. The molecule has 0 spiro atoms. The van der Waals surface area contributed by atoms with E-state index in [0.29, 0.717) is 0 Å². The molecule has 0 saturated carbocycles. The minimum Gasteiger partial charge on any atom is -0.310 e. The Morgan fingerprint density at radius 3 is 1.42 bits per heavy atom. The molecule has 55 heavy (non-hydrogen) atoms. The van der Waals surface area contributed by atoms with Crippen molar-refractivity contribution in [1.29, 1.82) is 0 Å². The zero-order valence-corrected chi connectivity index (χ0v) is 31.8. The summed E-state index contributed by atoms with van der Waals surface area (Å²) in [4.78, 5) is 2.42. The molecule has 264 valence electrons. The molecule has 0 unspecified atom stereocenters. The van der Waals surface area contributed by atoms with Crippen LogP contribution >= 0.6 is 7.14 Å². The average molecular weight is 726 g/mol. The monoisotopic (exact) mass is 725 g/mol. The number of benzene rings is 8. The summed E-state index contributed by atoms with van der Waals surface area (Å²) >= 11 is 0. The quantitative estimate of drug-likeness (QED) is 0.159. The number of hydrogen-bond acceptors (Lipinski definition) is 2. The lowest BCUT2D eigenvalue weighted by Gasteiger charge is -2.43. The SMILES string of the molecule is CC1(C)c2ccccc2N(c2ccccc2)c2ccc(C3(c4ccc(P(=O)(c5ccccc5)c5ccccc5)cc4)c4ccccc4-c4ccccc43)cc21. The highest BCUT2D eigenvalue weighted by atomic mass is 31.2. The van der Waals surface area contributed by atoms with E-state index < -0.39 is 12.6 Å². The molecule has 10 rings (SSSR count). The van der Waals surface area contributed by atoms with E-state index in [4.69, 9.17) is 0 Å². The van der Waals surface area contributed by atoms with Gasteiger partial charge in [-0.15, -0.1) is 0 Å². The molecule has 3 heteroatoms. The van der Waals surface area contributed by atoms with Gasteiger partial charge in [0.05, 0.1) is 16.8 Å². The number of anilines is 3. The van der Waals surface area contributed by atoms with Crippen LogP contribution in [0.15, 0.2) is 206 Å². The zero-order chi connectivity index (χ0) is 37.2. The molecule has 2 aliphatic rings. The van der Waals surface area contributed by atoms with Gasteiger partial charge in [0.25, 0.3) is 0 Å². The van der Waals surface area contributed by atoms with E-state index in [1.54, 1.807) is 0 Å². The third-order valence-electron chi connectivity index (χ3n) is 12.0. The lowest BCUT2D eigenvalue weighted by atomic mass is 9.65. The van der Waals surface area contributed by atoms with Crippen LogP contribution in [0.3, 0.4) is 0 Å². The summed E-state index contributed by atoms with van der Waals surface area (Å²) in [5, 5.41) is 2.49. The van der Waals surface area contributed by atoms with Gasteiger partial charge < -0.3 is 9.46 Å². The van der Waals surface area contributed by atoms with Crippen LogP contribution in [0, 0.1) is 0 Å². The van der Waals surface area contributed by atoms with Crippen molar-refractivity contribution in [3.05, 3.63) is 240 Å². The second-order valence-electron chi connectivity index (χ2n) is 15.2. The van der Waals surface area contributed by atoms with Crippen molar-refractivity contribution >= 4 is 40.1 Å². The molecule has 0 amide bonds. The van der Waals surface area contributed by atoms with Gasteiger partial charge in [-0.2, -0.15) is 0 Å². The molecule has 1 heterocycles. The second kappa shape index (κ2) is 12.7. The Balaban J connectivity index is 1.23. The van der Waals surface area contributed by atoms with Gasteiger partial charge in [0.15, 0.2) is 7.14 Å². The third kappa shape index (κ3) is 4.85. The fourth-order valence-corrected chi connectivity index (χ4v) is 12.1. The molecular formula is C52H40NOP. The maximum Gasteiger partial charge on any atom is 0.171 e. The highest BCUT2D eigenvalue weighted by Crippen LogP contribution is 2.59. The highest BCUT2D eigenvalue weighted by Gasteiger charge is 2.47. The molecule has 0 atom stereocenters. The van der Waals surface area contributed by atoms with Crippen LogP contribution < -0.4 is 20.8 Å². The number of fused-ring (bicyclic) bond motifs is 5. The van der Waals surface area contributed by atoms with E-state index in [2.05, 4.69) is 164 Å². The van der Waals surface area contributed by atoms with Gasteiger partial charge in [-0.05, 0) is 68.8 Å². The zero-order valence-electron chi connectivity index (χ0n) is 30.9. The first-order valence-corrected chi connectivity index (χ1v) is 20.8. The third-order valence-corrected chi connectivity index (χ3v) is 15.1. The molecule has 0 bridgehead atoms. The number of hydrogen-bond donors (Lipinski definition) is 0. The first-order chi connectivity index (χ1) is 26.9. The number of nitrogens with zero attached hydrogens (tertiary/aromatic N) is 1. The molecule has 0 N–H and O–H groups in total. The summed E-state index contributed by atoms with van der Waals surface area (Å²) in [5.74, 6) is 0. The largest absolute Gasteiger partial charge is 0.310 e. The van der Waals surface area contributed by atoms with Gasteiger partial charge in [0.2, 0.25) is 0 Å². The van der Waals surface area contributed by atoms with E-state index in [1.807, 2.05) is 60.7 Å². The summed E-state index contributed by atoms with van der Waals surface area (Å²) in [6.07, 6.45) is 0. The molecule has 0 fully saturated rings. The maximum atomic E-state index is 15.5. The molecule has 1 aliphatic carbocycles. The van der Waals surface area contributed by atoms with Crippen LogP contribution in [0.4, 0.5) is 17.1 Å². The average Bonchev–Trinajstić information content (AvgIpc) is 3.55. The lowest BCUT2D eigenvalue weighted by Crippen LogP contribution is -2.33. The molecular weight excluding hydrogens is 686 g/mol. The normalized spacial score (nSPS) is 14.7. The van der Waals surface area contributed by atoms with Crippen LogP contribution in [0.5, 0.6) is 0 Å². The standard InChI is InChI=1S/C52H40NOP/c1-51(2)47-28-16-17-29-49(47)53(39-18-6-3-7-19-39)50-35-32-38(36-48(50)51)52(45-26-14-12-24-43(45)44-25-13-15-27-46(44)52)37-30-33-42(34-31-37)55(54,40-20-8-4-9-21-40)41-22-10-5-11-23-41/h3-36H,1-2H3. The van der Waals surface area contributed by atoms with Crippen molar-refractivity contribution in [1.82, 2.24) is 0 Å². The first-order valence-electron chi connectivity index (χ1n) is 19.0. The van der Waals surface area contributed by atoms with Crippen molar-refractivity contribution in [3.63, 3.8) is 0 Å². The Morgan fingerprint density at radius 1 is 0.400 bits per heavy atom. The minimum absolute atomic E-state index is 0.270. The van der Waals surface area contributed by atoms with Gasteiger partial charge in [-0.3, -0.25) is 0 Å². The predicted octanol–water partition coefficient (Wildman–Crippen LogP) is 11.8. The Kier molecular flexibility index (Phi) is 7.70. The molecule has 0 radical (unpaired) electrons. The van der Waals surface area contributed by atoms with E-state index in [0.717, 1.165) is 27.2 Å². The van der Waals surface area contributed by atoms with Crippen LogP contribution in [0.1, 0.15) is 47.2 Å². The summed E-state index contributed by atoms with van der Waals surface area (Å²) in [6, 6.07) is 73.1. The molecule has 8 aromatic carbocycles. The van der Waals surface area contributed by atoms with E-state index in [9.17, 15) is 0 Å². The number of para-hydroxylation sites is 2. The van der Waals surface area contributed by atoms with Crippen molar-refractivity contribution in [2.75, 3.05) is 4.90 Å². The first kappa shape index (κ1) is 33.4. The van der Waals surface area contributed by atoms with E-state index >= 15 is 4.57 Å². The summed E-state index contributed by atoms with van der Waals surface area (Å²) in [6.45, 7) is 4.72. The van der Waals surface area contributed by atoms with Gasteiger partial charge in [0.1, 0.15) is 0 Å². The summed E-state index contributed by atoms with van der Waals surface area (Å²) in [5.41, 5.74) is 12.6. The highest BCUT2D eigenvalue weighted by molar-refractivity contribution is 7.85. The second-order valence-corrected chi connectivity index (χ2v) is 18.0. The molecule has 0 saturated heterocycles. The molecule has 2 nitrogen and oxygen atoms in total. The van der Waals surface area contributed by atoms with Crippen molar-refractivity contribution < 1.29 is 4.57 Å². The van der Waals surface area contributed by atoms with Gasteiger partial charge >= 0.3 is 0 Å². The molecule has 8 aromatic rings. The van der Waals surface area contributed by atoms with Gasteiger partial charge in [0, 0.05) is 27.0 Å². The van der Waals surface area contributed by atoms with Crippen LogP contribution in [-0.4, -0.2) is 0 Å². The Morgan fingerprint density at radius 2 is 0.836 bits per heavy atom. The molecule has 1 aliphatic heterocycles. The Labute approximate surface area is 323 Å². The fourth-order valence-electron chi connectivity index (χ4n) is 9.46. The van der Waals surface area contributed by atoms with Crippen molar-refractivity contribution in [2.45, 2.75) is 24.7 Å². The lowest BCUT2D eigenvalue weighted by molar-refractivity contribution is 0.592. The van der Waals surface area contributed by atoms with Crippen molar-refractivity contribution in [2.24, 2.45) is 0 Å². The Hall–Kier alpha value is -6.21. The van der Waals surface area contributed by atoms with Crippen LogP contribution in [0.25, 0.3) is 11.1 Å². The van der Waals surface area contributed by atoms with Gasteiger partial charge in [-0.1, -0.05) is 196 Å². The van der Waals surface area contributed by atoms with Crippen LogP contribution in [0.2, 0.25) is 0 Å². The minimum atomic E-state index is -3.16. The summed E-state index contributed by atoms with van der Waals surface area (Å²) < 4.78 is 15.5. The van der Waals surface area contributed by atoms with Crippen LogP contribution in [-0.2, 0) is 15.4 Å². The predicted molar refractivity (Wildman–Crippen MR) is 230 cm³/mol. The summed E-state index contributed by atoms with van der Waals surface area (Å²) in [7, 11) is -3.16. The van der Waals surface area contributed by atoms with E-state index in [-0.39, 0.29) is 5.41 Å². The Bertz CT molecular complexity index is 2670. The molecule has 0 aromatic heterocycles. The smallest absolute Gasteiger partial charge is 0.171 e. The topological polar surface area (TPSA) is 20.3 Å². The van der Waals surface area contributed by atoms with Crippen molar-refractivity contribution in [3.8, 4) is 11.1 Å².